The van der Waals surface area contributed by atoms with Crippen LogP contribution >= 0.6 is 0 Å². The first-order valence-electron chi connectivity index (χ1n) is 6.76. The fourth-order valence-corrected chi connectivity index (χ4v) is 2.77. The molecule has 0 fully saturated rings. The van der Waals surface area contributed by atoms with Crippen molar-refractivity contribution in [1.82, 2.24) is 0 Å². The Morgan fingerprint density at radius 2 is 1.85 bits per heavy atom. The lowest BCUT2D eigenvalue weighted by Crippen LogP contribution is -2.39. The van der Waals surface area contributed by atoms with Gasteiger partial charge in [-0.3, -0.25) is 0 Å². The molecule has 1 aliphatic rings. The van der Waals surface area contributed by atoms with Crippen LogP contribution in [0.1, 0.15) is 11.1 Å². The Labute approximate surface area is 118 Å². The second-order valence-electron chi connectivity index (χ2n) is 4.99. The van der Waals surface area contributed by atoms with E-state index in [2.05, 4.69) is 29.2 Å². The monoisotopic (exact) mass is 267 g/mol. The highest BCUT2D eigenvalue weighted by Gasteiger charge is 2.34. The molecule has 3 heteroatoms. The number of methoxy groups -OCH3 is 1. The zero-order chi connectivity index (χ0) is 13.9. The molecule has 0 bridgehead atoms. The minimum atomic E-state index is -0.224. The van der Waals surface area contributed by atoms with Gasteiger partial charge in [0, 0.05) is 18.7 Å². The summed E-state index contributed by atoms with van der Waals surface area (Å²) in [6.07, 6.45) is 0.718. The molecule has 0 aliphatic carbocycles. The van der Waals surface area contributed by atoms with Gasteiger partial charge in [0.05, 0.1) is 7.11 Å². The van der Waals surface area contributed by atoms with Gasteiger partial charge in [-0.15, -0.1) is 0 Å². The molecule has 20 heavy (non-hydrogen) atoms. The van der Waals surface area contributed by atoms with Crippen molar-refractivity contribution in [3.63, 3.8) is 0 Å². The molecule has 3 nitrogen and oxygen atoms in total. The van der Waals surface area contributed by atoms with Gasteiger partial charge in [0.25, 0.3) is 0 Å². The molecule has 3 rings (SSSR count). The fraction of sp³-hybridized carbons (Fsp3) is 0.235. The third-order valence-electron chi connectivity index (χ3n) is 3.76. The Morgan fingerprint density at radius 3 is 2.60 bits per heavy atom. The number of esters is 1. The SMILES string of the molecule is COC(=O)[C@H]1Cc2ccccc2N1Cc1ccccc1. The summed E-state index contributed by atoms with van der Waals surface area (Å²) in [6.45, 7) is 0.720. The van der Waals surface area contributed by atoms with Crippen molar-refractivity contribution in [2.75, 3.05) is 12.0 Å². The van der Waals surface area contributed by atoms with Crippen LogP contribution in [0, 0.1) is 0 Å². The molecule has 0 N–H and O–H groups in total. The largest absolute Gasteiger partial charge is 0.467 e. The van der Waals surface area contributed by atoms with Crippen LogP contribution in [0.15, 0.2) is 54.6 Å². The summed E-state index contributed by atoms with van der Waals surface area (Å²) in [7, 11) is 1.45. The van der Waals surface area contributed by atoms with Gasteiger partial charge in [0.1, 0.15) is 6.04 Å². The van der Waals surface area contributed by atoms with E-state index in [4.69, 9.17) is 4.74 Å². The van der Waals surface area contributed by atoms with Crippen molar-refractivity contribution >= 4 is 11.7 Å². The lowest BCUT2D eigenvalue weighted by molar-refractivity contribution is -0.142. The normalized spacial score (nSPS) is 16.9. The first-order chi connectivity index (χ1) is 9.79. The summed E-state index contributed by atoms with van der Waals surface area (Å²) in [5, 5.41) is 0. The number of fused-ring (bicyclic) bond motifs is 1. The van der Waals surface area contributed by atoms with E-state index in [9.17, 15) is 4.79 Å². The van der Waals surface area contributed by atoms with E-state index < -0.39 is 0 Å². The number of hydrogen-bond donors (Lipinski definition) is 0. The molecule has 0 unspecified atom stereocenters. The molecule has 0 amide bonds. The highest BCUT2D eigenvalue weighted by atomic mass is 16.5. The number of anilines is 1. The van der Waals surface area contributed by atoms with Crippen LogP contribution < -0.4 is 4.90 Å². The maximum atomic E-state index is 12.0. The molecular formula is C17H17NO2. The number of carbonyl (C=O) groups excluding carboxylic acids is 1. The minimum Gasteiger partial charge on any atom is -0.467 e. The second-order valence-corrected chi connectivity index (χ2v) is 4.99. The van der Waals surface area contributed by atoms with E-state index >= 15 is 0 Å². The highest BCUT2D eigenvalue weighted by Crippen LogP contribution is 2.33. The predicted octanol–water partition coefficient (Wildman–Crippen LogP) is 2.79. The van der Waals surface area contributed by atoms with Gasteiger partial charge in [-0.05, 0) is 17.2 Å². The first-order valence-corrected chi connectivity index (χ1v) is 6.76. The summed E-state index contributed by atoms with van der Waals surface area (Å²) in [4.78, 5) is 14.2. The molecule has 1 heterocycles. The Kier molecular flexibility index (Phi) is 3.42. The lowest BCUT2D eigenvalue weighted by atomic mass is 10.1. The zero-order valence-electron chi connectivity index (χ0n) is 11.5. The van der Waals surface area contributed by atoms with Crippen molar-refractivity contribution in [1.29, 1.82) is 0 Å². The van der Waals surface area contributed by atoms with Crippen molar-refractivity contribution in [2.45, 2.75) is 19.0 Å². The summed E-state index contributed by atoms with van der Waals surface area (Å²) < 4.78 is 4.95. The molecule has 1 aliphatic heterocycles. The average Bonchev–Trinajstić information content (AvgIpc) is 2.86. The predicted molar refractivity (Wildman–Crippen MR) is 78.6 cm³/mol. The average molecular weight is 267 g/mol. The summed E-state index contributed by atoms with van der Waals surface area (Å²) in [5.74, 6) is -0.169. The van der Waals surface area contributed by atoms with Crippen molar-refractivity contribution in [3.05, 3.63) is 65.7 Å². The van der Waals surface area contributed by atoms with E-state index in [0.717, 1.165) is 18.7 Å². The number of rotatable bonds is 3. The van der Waals surface area contributed by atoms with E-state index in [0.29, 0.717) is 0 Å². The topological polar surface area (TPSA) is 29.5 Å². The van der Waals surface area contributed by atoms with Crippen LogP contribution in [0.25, 0.3) is 0 Å². The van der Waals surface area contributed by atoms with Crippen molar-refractivity contribution in [3.8, 4) is 0 Å². The fourth-order valence-electron chi connectivity index (χ4n) is 2.77. The van der Waals surface area contributed by atoms with Crippen LogP contribution in [-0.2, 0) is 22.5 Å². The van der Waals surface area contributed by atoms with Crippen molar-refractivity contribution < 1.29 is 9.53 Å². The van der Waals surface area contributed by atoms with Gasteiger partial charge in [-0.1, -0.05) is 48.5 Å². The number of para-hydroxylation sites is 1. The number of nitrogens with zero attached hydrogens (tertiary/aromatic N) is 1. The number of carbonyl (C=O) groups is 1. The Morgan fingerprint density at radius 1 is 1.15 bits per heavy atom. The van der Waals surface area contributed by atoms with Gasteiger partial charge in [0.15, 0.2) is 0 Å². The maximum Gasteiger partial charge on any atom is 0.328 e. The third-order valence-corrected chi connectivity index (χ3v) is 3.76. The number of hydrogen-bond acceptors (Lipinski definition) is 3. The summed E-state index contributed by atoms with van der Waals surface area (Å²) in [6, 6.07) is 18.1. The van der Waals surface area contributed by atoms with E-state index in [1.165, 1.54) is 18.2 Å². The molecule has 0 aromatic heterocycles. The number of ether oxygens (including phenoxy) is 1. The van der Waals surface area contributed by atoms with Crippen LogP contribution in [0.4, 0.5) is 5.69 Å². The van der Waals surface area contributed by atoms with Gasteiger partial charge < -0.3 is 9.64 Å². The summed E-state index contributed by atoms with van der Waals surface area (Å²) >= 11 is 0. The third kappa shape index (κ3) is 2.27. The Bertz CT molecular complexity index is 609. The van der Waals surface area contributed by atoms with Crippen LogP contribution in [-0.4, -0.2) is 19.1 Å². The highest BCUT2D eigenvalue weighted by molar-refractivity contribution is 5.83. The second kappa shape index (κ2) is 5.37. The standard InChI is InChI=1S/C17H17NO2/c1-20-17(19)16-11-14-9-5-6-10-15(14)18(16)12-13-7-3-2-4-8-13/h2-10,16H,11-12H2,1H3/t16-/m1/s1. The van der Waals surface area contributed by atoms with Gasteiger partial charge in [-0.2, -0.15) is 0 Å². The van der Waals surface area contributed by atoms with Crippen LogP contribution in [0.2, 0.25) is 0 Å². The van der Waals surface area contributed by atoms with Gasteiger partial charge >= 0.3 is 5.97 Å². The molecule has 1 atom stereocenters. The molecule has 0 radical (unpaired) electrons. The molecule has 2 aromatic rings. The Balaban J connectivity index is 1.93. The maximum absolute atomic E-state index is 12.0. The van der Waals surface area contributed by atoms with E-state index in [1.807, 2.05) is 30.3 Å². The van der Waals surface area contributed by atoms with E-state index in [-0.39, 0.29) is 12.0 Å². The summed E-state index contributed by atoms with van der Waals surface area (Å²) in [5.41, 5.74) is 3.53. The molecular weight excluding hydrogens is 250 g/mol. The van der Waals surface area contributed by atoms with E-state index in [1.54, 1.807) is 0 Å². The smallest absolute Gasteiger partial charge is 0.328 e. The van der Waals surface area contributed by atoms with Crippen molar-refractivity contribution in [2.24, 2.45) is 0 Å². The number of benzene rings is 2. The molecule has 0 spiro atoms. The molecule has 102 valence electrons. The van der Waals surface area contributed by atoms with Crippen LogP contribution in [0.5, 0.6) is 0 Å². The molecule has 0 saturated carbocycles. The molecule has 2 aromatic carbocycles. The lowest BCUT2D eigenvalue weighted by Gasteiger charge is -2.25. The van der Waals surface area contributed by atoms with Gasteiger partial charge in [-0.25, -0.2) is 4.79 Å². The Hall–Kier alpha value is -2.29. The van der Waals surface area contributed by atoms with Gasteiger partial charge in [0.2, 0.25) is 0 Å². The quantitative estimate of drug-likeness (QED) is 0.801. The van der Waals surface area contributed by atoms with Crippen LogP contribution in [0.3, 0.4) is 0 Å². The zero-order valence-corrected chi connectivity index (χ0v) is 11.5. The molecule has 0 saturated heterocycles. The minimum absolute atomic E-state index is 0.169. The first kappa shape index (κ1) is 12.7.